The van der Waals surface area contributed by atoms with E-state index < -0.39 is 6.04 Å². The van der Waals surface area contributed by atoms with Gasteiger partial charge in [0.05, 0.1) is 11.1 Å². The summed E-state index contributed by atoms with van der Waals surface area (Å²) < 4.78 is 0. The first-order chi connectivity index (χ1) is 11.5. The molecule has 1 fully saturated rings. The van der Waals surface area contributed by atoms with Gasteiger partial charge in [0.2, 0.25) is 11.8 Å². The number of likely N-dealkylation sites (tertiary alicyclic amines) is 1. The molecule has 1 aliphatic rings. The number of carbonyl (C=O) groups excluding carboxylic acids is 2. The van der Waals surface area contributed by atoms with Crippen LogP contribution < -0.4 is 11.1 Å². The second-order valence-electron chi connectivity index (χ2n) is 5.84. The first-order valence-electron chi connectivity index (χ1n) is 7.97. The first-order valence-corrected chi connectivity index (χ1v) is 9.74. The molecular formula is C16H23ClN4O2S. The van der Waals surface area contributed by atoms with Gasteiger partial charge < -0.3 is 16.0 Å². The summed E-state index contributed by atoms with van der Waals surface area (Å²) in [6.45, 7) is 1.13. The van der Waals surface area contributed by atoms with Gasteiger partial charge in [-0.05, 0) is 43.4 Å². The second-order valence-corrected chi connectivity index (χ2v) is 7.26. The van der Waals surface area contributed by atoms with Crippen molar-refractivity contribution in [1.82, 2.24) is 9.88 Å². The largest absolute Gasteiger partial charge is 0.341 e. The summed E-state index contributed by atoms with van der Waals surface area (Å²) in [5, 5.41) is 3.32. The van der Waals surface area contributed by atoms with E-state index in [1.165, 1.54) is 6.20 Å². The minimum atomic E-state index is -0.443. The lowest BCUT2D eigenvalue weighted by Crippen LogP contribution is -2.48. The summed E-state index contributed by atoms with van der Waals surface area (Å²) >= 11 is 7.46. The molecule has 0 radical (unpaired) electrons. The van der Waals surface area contributed by atoms with Crippen LogP contribution in [-0.4, -0.2) is 52.8 Å². The minimum absolute atomic E-state index is 0.0118. The molecule has 1 aliphatic heterocycles. The fraction of sp³-hybridized carbons (Fsp3) is 0.562. The third-order valence-electron chi connectivity index (χ3n) is 4.11. The number of piperidine rings is 1. The Labute approximate surface area is 151 Å². The molecule has 0 bridgehead atoms. The number of pyridine rings is 1. The quantitative estimate of drug-likeness (QED) is 0.799. The van der Waals surface area contributed by atoms with Crippen LogP contribution in [-0.2, 0) is 9.59 Å². The normalized spacial score (nSPS) is 16.7. The average molecular weight is 371 g/mol. The van der Waals surface area contributed by atoms with E-state index >= 15 is 0 Å². The van der Waals surface area contributed by atoms with Crippen LogP contribution >= 0.6 is 23.4 Å². The summed E-state index contributed by atoms with van der Waals surface area (Å²) in [6.07, 6.45) is 5.45. The molecule has 1 aromatic heterocycles. The number of amides is 2. The molecule has 0 spiro atoms. The van der Waals surface area contributed by atoms with E-state index in [0.29, 0.717) is 43.2 Å². The molecule has 1 saturated heterocycles. The van der Waals surface area contributed by atoms with Gasteiger partial charge in [-0.2, -0.15) is 11.8 Å². The van der Waals surface area contributed by atoms with Crippen molar-refractivity contribution in [2.75, 3.05) is 30.4 Å². The lowest BCUT2D eigenvalue weighted by molar-refractivity contribution is -0.135. The Balaban J connectivity index is 1.80. The molecule has 0 aromatic carbocycles. The minimum Gasteiger partial charge on any atom is -0.341 e. The van der Waals surface area contributed by atoms with Crippen molar-refractivity contribution >= 4 is 41.0 Å². The van der Waals surface area contributed by atoms with E-state index in [2.05, 4.69) is 10.3 Å². The number of aromatic nitrogens is 1. The number of hydrogen-bond acceptors (Lipinski definition) is 5. The van der Waals surface area contributed by atoms with Crippen LogP contribution in [0.2, 0.25) is 5.02 Å². The molecular weight excluding hydrogens is 348 g/mol. The van der Waals surface area contributed by atoms with Crippen LogP contribution in [0.15, 0.2) is 18.3 Å². The van der Waals surface area contributed by atoms with Crippen molar-refractivity contribution in [3.63, 3.8) is 0 Å². The van der Waals surface area contributed by atoms with Crippen LogP contribution in [0, 0.1) is 5.92 Å². The van der Waals surface area contributed by atoms with Gasteiger partial charge in [0.1, 0.15) is 5.82 Å². The number of anilines is 1. The Bertz CT molecular complexity index is 562. The van der Waals surface area contributed by atoms with Gasteiger partial charge in [-0.3, -0.25) is 9.59 Å². The zero-order chi connectivity index (χ0) is 17.5. The molecule has 1 atom stereocenters. The molecule has 6 nitrogen and oxygen atoms in total. The second kappa shape index (κ2) is 9.25. The Morgan fingerprint density at radius 2 is 2.17 bits per heavy atom. The Hall–Kier alpha value is -1.31. The monoisotopic (exact) mass is 370 g/mol. The molecule has 2 heterocycles. The highest BCUT2D eigenvalue weighted by Gasteiger charge is 2.29. The molecule has 8 heteroatoms. The van der Waals surface area contributed by atoms with Gasteiger partial charge in [-0.1, -0.05) is 11.6 Å². The Morgan fingerprint density at radius 1 is 1.46 bits per heavy atom. The van der Waals surface area contributed by atoms with Crippen molar-refractivity contribution in [3.8, 4) is 0 Å². The van der Waals surface area contributed by atoms with Crippen molar-refractivity contribution in [2.24, 2.45) is 11.7 Å². The number of thioether (sulfide) groups is 1. The highest BCUT2D eigenvalue weighted by Crippen LogP contribution is 2.20. The molecule has 1 aromatic rings. The summed E-state index contributed by atoms with van der Waals surface area (Å²) in [5.41, 5.74) is 5.94. The molecule has 3 N–H and O–H groups in total. The summed E-state index contributed by atoms with van der Waals surface area (Å²) in [6, 6.07) is 2.91. The summed E-state index contributed by atoms with van der Waals surface area (Å²) in [4.78, 5) is 30.4. The maximum absolute atomic E-state index is 12.3. The van der Waals surface area contributed by atoms with Gasteiger partial charge in [-0.15, -0.1) is 0 Å². The third kappa shape index (κ3) is 5.36. The van der Waals surface area contributed by atoms with E-state index in [1.807, 2.05) is 6.26 Å². The van der Waals surface area contributed by atoms with Gasteiger partial charge in [0, 0.05) is 25.2 Å². The molecule has 132 valence electrons. The number of nitrogens with zero attached hydrogens (tertiary/aromatic N) is 2. The fourth-order valence-corrected chi connectivity index (χ4v) is 3.24. The van der Waals surface area contributed by atoms with Crippen molar-refractivity contribution < 1.29 is 9.59 Å². The number of carbonyl (C=O) groups is 2. The summed E-state index contributed by atoms with van der Waals surface area (Å²) in [7, 11) is 0. The number of hydrogen-bond donors (Lipinski definition) is 2. The Morgan fingerprint density at radius 3 is 2.75 bits per heavy atom. The lowest BCUT2D eigenvalue weighted by atomic mass is 9.95. The molecule has 24 heavy (non-hydrogen) atoms. The highest BCUT2D eigenvalue weighted by atomic mass is 35.5. The smallest absolute Gasteiger partial charge is 0.239 e. The standard InChI is InChI=1S/C16H23ClN4O2S/c1-24-9-6-13(18)16(23)21-7-4-11(5-8-21)15(22)20-14-3-2-12(17)10-19-14/h2-3,10-11,13H,4-9,18H2,1H3,(H,19,20,22). The molecule has 0 aliphatic carbocycles. The van der Waals surface area contributed by atoms with Crippen LogP contribution in [0.25, 0.3) is 0 Å². The summed E-state index contributed by atoms with van der Waals surface area (Å²) in [5.74, 6) is 1.17. The molecule has 2 amide bonds. The average Bonchev–Trinajstić information content (AvgIpc) is 2.61. The molecule has 0 saturated carbocycles. The van der Waals surface area contributed by atoms with Gasteiger partial charge in [0.15, 0.2) is 0 Å². The van der Waals surface area contributed by atoms with E-state index in [-0.39, 0.29) is 17.7 Å². The molecule has 1 unspecified atom stereocenters. The zero-order valence-electron chi connectivity index (χ0n) is 13.7. The topological polar surface area (TPSA) is 88.3 Å². The lowest BCUT2D eigenvalue weighted by Gasteiger charge is -2.32. The van der Waals surface area contributed by atoms with E-state index in [9.17, 15) is 9.59 Å². The van der Waals surface area contributed by atoms with Crippen molar-refractivity contribution in [3.05, 3.63) is 23.4 Å². The van der Waals surface area contributed by atoms with Crippen molar-refractivity contribution in [2.45, 2.75) is 25.3 Å². The van der Waals surface area contributed by atoms with Gasteiger partial charge >= 0.3 is 0 Å². The Kier molecular flexibility index (Phi) is 7.33. The van der Waals surface area contributed by atoms with Crippen molar-refractivity contribution in [1.29, 1.82) is 0 Å². The van der Waals surface area contributed by atoms with Gasteiger partial charge in [0.25, 0.3) is 0 Å². The van der Waals surface area contributed by atoms with Gasteiger partial charge in [-0.25, -0.2) is 4.98 Å². The number of rotatable bonds is 6. The number of halogens is 1. The predicted molar refractivity (Wildman–Crippen MR) is 98.2 cm³/mol. The van der Waals surface area contributed by atoms with Crippen LogP contribution in [0.5, 0.6) is 0 Å². The third-order valence-corrected chi connectivity index (χ3v) is 4.97. The fourth-order valence-electron chi connectivity index (χ4n) is 2.64. The number of nitrogens with two attached hydrogens (primary N) is 1. The van der Waals surface area contributed by atoms with Crippen LogP contribution in [0.4, 0.5) is 5.82 Å². The highest BCUT2D eigenvalue weighted by molar-refractivity contribution is 7.98. The zero-order valence-corrected chi connectivity index (χ0v) is 15.3. The van der Waals surface area contributed by atoms with Crippen LogP contribution in [0.3, 0.4) is 0 Å². The predicted octanol–water partition coefficient (Wildman–Crippen LogP) is 1.99. The van der Waals surface area contributed by atoms with Crippen LogP contribution in [0.1, 0.15) is 19.3 Å². The maximum Gasteiger partial charge on any atom is 0.239 e. The van der Waals surface area contributed by atoms with E-state index in [0.717, 1.165) is 5.75 Å². The number of nitrogens with one attached hydrogen (secondary N) is 1. The maximum atomic E-state index is 12.3. The van der Waals surface area contributed by atoms with E-state index in [4.69, 9.17) is 17.3 Å². The SMILES string of the molecule is CSCCC(N)C(=O)N1CCC(C(=O)Nc2ccc(Cl)cn2)CC1. The first kappa shape index (κ1) is 19.0. The van der Waals surface area contributed by atoms with E-state index in [1.54, 1.807) is 28.8 Å². The molecule has 2 rings (SSSR count).